The maximum atomic E-state index is 9.75. The van der Waals surface area contributed by atoms with Crippen molar-refractivity contribution < 1.29 is 10.2 Å². The molecule has 0 aliphatic carbocycles. The molecular formula is C11H15N3O2. The van der Waals surface area contributed by atoms with E-state index in [1.54, 1.807) is 12.1 Å². The Morgan fingerprint density at radius 3 is 2.44 bits per heavy atom. The fraction of sp³-hybridized carbons (Fsp3) is 0.455. The third-order valence-electron chi connectivity index (χ3n) is 2.43. The third-order valence-corrected chi connectivity index (χ3v) is 2.43. The van der Waals surface area contributed by atoms with Crippen LogP contribution in [0.4, 0.5) is 0 Å². The zero-order chi connectivity index (χ0) is 12.0. The predicted octanol–water partition coefficient (Wildman–Crippen LogP) is 1.95. The van der Waals surface area contributed by atoms with Crippen molar-refractivity contribution in [2.75, 3.05) is 6.54 Å². The third kappa shape index (κ3) is 3.24. The summed E-state index contributed by atoms with van der Waals surface area (Å²) in [5, 5.41) is 22.5. The van der Waals surface area contributed by atoms with E-state index in [0.717, 1.165) is 6.42 Å². The van der Waals surface area contributed by atoms with E-state index in [0.29, 0.717) is 5.56 Å². The Morgan fingerprint density at radius 2 is 1.94 bits per heavy atom. The highest BCUT2D eigenvalue weighted by Crippen LogP contribution is 2.18. The van der Waals surface area contributed by atoms with Crippen LogP contribution in [-0.4, -0.2) is 22.9 Å². The molecule has 5 heteroatoms. The van der Waals surface area contributed by atoms with Crippen LogP contribution in [0.1, 0.15) is 24.2 Å². The van der Waals surface area contributed by atoms with Gasteiger partial charge in [0.25, 0.3) is 0 Å². The number of aliphatic hydroxyl groups excluding tert-OH is 2. The molecule has 16 heavy (non-hydrogen) atoms. The molecule has 5 nitrogen and oxygen atoms in total. The van der Waals surface area contributed by atoms with E-state index in [2.05, 4.69) is 10.0 Å². The van der Waals surface area contributed by atoms with Crippen molar-refractivity contribution in [1.82, 2.24) is 0 Å². The Morgan fingerprint density at radius 1 is 1.31 bits per heavy atom. The monoisotopic (exact) mass is 221 g/mol. The topological polar surface area (TPSA) is 89.2 Å². The molecule has 0 fully saturated rings. The van der Waals surface area contributed by atoms with Crippen LogP contribution in [0.5, 0.6) is 0 Å². The van der Waals surface area contributed by atoms with Crippen LogP contribution < -0.4 is 0 Å². The second kappa shape index (κ2) is 6.12. The smallest absolute Gasteiger partial charge is 0.105 e. The van der Waals surface area contributed by atoms with Crippen LogP contribution in [0.2, 0.25) is 0 Å². The molecule has 1 rings (SSSR count). The summed E-state index contributed by atoms with van der Waals surface area (Å²) in [5.41, 5.74) is 9.89. The van der Waals surface area contributed by atoms with Crippen LogP contribution in [0.25, 0.3) is 10.4 Å². The van der Waals surface area contributed by atoms with Crippen LogP contribution in [0.3, 0.4) is 0 Å². The van der Waals surface area contributed by atoms with E-state index < -0.39 is 12.2 Å². The molecule has 0 radical (unpaired) electrons. The van der Waals surface area contributed by atoms with Gasteiger partial charge in [-0.15, -0.1) is 0 Å². The Labute approximate surface area is 94.0 Å². The highest BCUT2D eigenvalue weighted by molar-refractivity contribution is 5.24. The van der Waals surface area contributed by atoms with Gasteiger partial charge in [-0.3, -0.25) is 0 Å². The number of aryl methyl sites for hydroxylation is 1. The molecular weight excluding hydrogens is 206 g/mol. The van der Waals surface area contributed by atoms with Gasteiger partial charge in [0.2, 0.25) is 0 Å². The van der Waals surface area contributed by atoms with Crippen molar-refractivity contribution in [3.8, 4) is 0 Å². The number of rotatable bonds is 5. The number of hydrogen-bond acceptors (Lipinski definition) is 3. The second-order valence-electron chi connectivity index (χ2n) is 3.52. The summed E-state index contributed by atoms with van der Waals surface area (Å²) in [6, 6.07) is 7.34. The average molecular weight is 221 g/mol. The van der Waals surface area contributed by atoms with E-state index in [1.165, 1.54) is 5.56 Å². The molecule has 0 heterocycles. The highest BCUT2D eigenvalue weighted by atomic mass is 16.3. The summed E-state index contributed by atoms with van der Waals surface area (Å²) in [5.74, 6) is 0. The summed E-state index contributed by atoms with van der Waals surface area (Å²) >= 11 is 0. The van der Waals surface area contributed by atoms with Gasteiger partial charge in [-0.25, -0.2) is 0 Å². The summed E-state index contributed by atoms with van der Waals surface area (Å²) in [7, 11) is 0. The van der Waals surface area contributed by atoms with Crippen molar-refractivity contribution in [1.29, 1.82) is 0 Å². The standard InChI is InChI=1S/C11H15N3O2/c1-2-8-3-5-9(6-4-8)11(16)10(15)7-13-14-12/h3-6,10-11,15-16H,2,7H2,1H3. The van der Waals surface area contributed by atoms with Crippen molar-refractivity contribution >= 4 is 0 Å². The molecule has 2 atom stereocenters. The van der Waals surface area contributed by atoms with E-state index in [9.17, 15) is 10.2 Å². The molecule has 2 unspecified atom stereocenters. The first-order chi connectivity index (χ1) is 7.69. The molecule has 0 aliphatic heterocycles. The predicted molar refractivity (Wildman–Crippen MR) is 60.8 cm³/mol. The molecule has 0 saturated heterocycles. The van der Waals surface area contributed by atoms with Gasteiger partial charge in [0, 0.05) is 4.91 Å². The molecule has 0 saturated carbocycles. The molecule has 1 aromatic carbocycles. The summed E-state index contributed by atoms with van der Waals surface area (Å²) in [6.45, 7) is 1.91. The number of azide groups is 1. The second-order valence-corrected chi connectivity index (χ2v) is 3.52. The molecule has 0 aliphatic rings. The Kier molecular flexibility index (Phi) is 4.79. The fourth-order valence-corrected chi connectivity index (χ4v) is 1.39. The molecule has 0 spiro atoms. The van der Waals surface area contributed by atoms with Gasteiger partial charge in [-0.1, -0.05) is 36.3 Å². The van der Waals surface area contributed by atoms with Gasteiger partial charge in [-0.2, -0.15) is 0 Å². The van der Waals surface area contributed by atoms with E-state index in [4.69, 9.17) is 5.53 Å². The first-order valence-electron chi connectivity index (χ1n) is 5.14. The quantitative estimate of drug-likeness (QED) is 0.452. The van der Waals surface area contributed by atoms with Crippen LogP contribution >= 0.6 is 0 Å². The van der Waals surface area contributed by atoms with Gasteiger partial charge in [0.1, 0.15) is 6.10 Å². The minimum absolute atomic E-state index is 0.132. The van der Waals surface area contributed by atoms with Crippen molar-refractivity contribution in [3.05, 3.63) is 45.8 Å². The molecule has 86 valence electrons. The van der Waals surface area contributed by atoms with E-state index >= 15 is 0 Å². The average Bonchev–Trinajstić information content (AvgIpc) is 2.35. The minimum atomic E-state index is -1.07. The first kappa shape index (κ1) is 12.5. The van der Waals surface area contributed by atoms with Gasteiger partial charge in [0.05, 0.1) is 12.6 Å². The minimum Gasteiger partial charge on any atom is -0.390 e. The lowest BCUT2D eigenvalue weighted by atomic mass is 10.0. The van der Waals surface area contributed by atoms with Gasteiger partial charge in [-0.05, 0) is 23.1 Å². The highest BCUT2D eigenvalue weighted by Gasteiger charge is 2.17. The fourth-order valence-electron chi connectivity index (χ4n) is 1.39. The van der Waals surface area contributed by atoms with Gasteiger partial charge >= 0.3 is 0 Å². The van der Waals surface area contributed by atoms with Crippen LogP contribution in [0, 0.1) is 0 Å². The molecule has 0 bridgehead atoms. The molecule has 1 aromatic rings. The van der Waals surface area contributed by atoms with Crippen LogP contribution in [0.15, 0.2) is 29.4 Å². The number of hydrogen-bond donors (Lipinski definition) is 2. The first-order valence-corrected chi connectivity index (χ1v) is 5.14. The van der Waals surface area contributed by atoms with Crippen LogP contribution in [-0.2, 0) is 6.42 Å². The normalized spacial score (nSPS) is 13.9. The summed E-state index contributed by atoms with van der Waals surface area (Å²) in [4.78, 5) is 2.53. The maximum absolute atomic E-state index is 9.75. The number of benzene rings is 1. The molecule has 0 aromatic heterocycles. The number of nitrogens with zero attached hydrogens (tertiary/aromatic N) is 3. The lowest BCUT2D eigenvalue weighted by molar-refractivity contribution is 0.0244. The Bertz CT molecular complexity index is 371. The van der Waals surface area contributed by atoms with Crippen molar-refractivity contribution in [2.24, 2.45) is 5.11 Å². The van der Waals surface area contributed by atoms with Crippen molar-refractivity contribution in [3.63, 3.8) is 0 Å². The van der Waals surface area contributed by atoms with Crippen molar-refractivity contribution in [2.45, 2.75) is 25.6 Å². The maximum Gasteiger partial charge on any atom is 0.105 e. The van der Waals surface area contributed by atoms with E-state index in [-0.39, 0.29) is 6.54 Å². The Balaban J connectivity index is 2.71. The zero-order valence-corrected chi connectivity index (χ0v) is 9.11. The summed E-state index contributed by atoms with van der Waals surface area (Å²) in [6.07, 6.45) is -1.16. The Hall–Kier alpha value is -1.55. The van der Waals surface area contributed by atoms with Gasteiger partial charge < -0.3 is 10.2 Å². The molecule has 0 amide bonds. The lowest BCUT2D eigenvalue weighted by Gasteiger charge is -2.16. The molecule has 2 N–H and O–H groups in total. The summed E-state index contributed by atoms with van der Waals surface area (Å²) < 4.78 is 0. The SMILES string of the molecule is CCc1ccc(C(O)C(O)CN=[N+]=[N-])cc1. The van der Waals surface area contributed by atoms with Gasteiger partial charge in [0.15, 0.2) is 0 Å². The van der Waals surface area contributed by atoms with E-state index in [1.807, 2.05) is 19.1 Å². The largest absolute Gasteiger partial charge is 0.390 e. The lowest BCUT2D eigenvalue weighted by Crippen LogP contribution is -2.21. The zero-order valence-electron chi connectivity index (χ0n) is 9.11. The number of aliphatic hydroxyl groups is 2.